The SMILES string of the molecule is O=C1C2CC=CCC2C(=O)N1Cc1ccccc1O. The minimum atomic E-state index is -0.205. The summed E-state index contributed by atoms with van der Waals surface area (Å²) < 4.78 is 0. The highest BCUT2D eigenvalue weighted by Gasteiger charge is 2.47. The summed E-state index contributed by atoms with van der Waals surface area (Å²) in [5.41, 5.74) is 0.607. The van der Waals surface area contributed by atoms with Gasteiger partial charge in [0, 0.05) is 5.56 Å². The van der Waals surface area contributed by atoms with Crippen LogP contribution < -0.4 is 0 Å². The zero-order valence-electron chi connectivity index (χ0n) is 10.5. The van der Waals surface area contributed by atoms with Gasteiger partial charge in [-0.15, -0.1) is 0 Å². The van der Waals surface area contributed by atoms with Gasteiger partial charge in [0.25, 0.3) is 0 Å². The number of carbonyl (C=O) groups is 2. The molecule has 4 heteroatoms. The highest BCUT2D eigenvalue weighted by atomic mass is 16.3. The lowest BCUT2D eigenvalue weighted by molar-refractivity contribution is -0.140. The Morgan fingerprint density at radius 3 is 2.21 bits per heavy atom. The lowest BCUT2D eigenvalue weighted by Crippen LogP contribution is -2.30. The molecular formula is C15H15NO3. The van der Waals surface area contributed by atoms with Crippen molar-refractivity contribution in [3.8, 4) is 5.75 Å². The van der Waals surface area contributed by atoms with Crippen molar-refractivity contribution in [2.45, 2.75) is 19.4 Å². The van der Waals surface area contributed by atoms with Gasteiger partial charge in [-0.1, -0.05) is 30.4 Å². The summed E-state index contributed by atoms with van der Waals surface area (Å²) in [7, 11) is 0. The van der Waals surface area contributed by atoms with Gasteiger partial charge in [0.05, 0.1) is 18.4 Å². The van der Waals surface area contributed by atoms with Gasteiger partial charge in [-0.2, -0.15) is 0 Å². The van der Waals surface area contributed by atoms with Crippen LogP contribution in [0.5, 0.6) is 5.75 Å². The molecule has 0 radical (unpaired) electrons. The number of fused-ring (bicyclic) bond motifs is 1. The van der Waals surface area contributed by atoms with Gasteiger partial charge in [0.1, 0.15) is 5.75 Å². The van der Waals surface area contributed by atoms with E-state index in [0.29, 0.717) is 18.4 Å². The maximum absolute atomic E-state index is 12.3. The van der Waals surface area contributed by atoms with E-state index >= 15 is 0 Å². The molecule has 19 heavy (non-hydrogen) atoms. The Morgan fingerprint density at radius 1 is 1.05 bits per heavy atom. The van der Waals surface area contributed by atoms with Crippen LogP contribution in [0.1, 0.15) is 18.4 Å². The summed E-state index contributed by atoms with van der Waals surface area (Å²) in [6.45, 7) is 0.164. The van der Waals surface area contributed by atoms with Crippen molar-refractivity contribution in [1.82, 2.24) is 4.90 Å². The molecule has 3 rings (SSSR count). The fourth-order valence-corrected chi connectivity index (χ4v) is 2.84. The number of rotatable bonds is 2. The van der Waals surface area contributed by atoms with Crippen molar-refractivity contribution in [3.05, 3.63) is 42.0 Å². The molecule has 1 aliphatic carbocycles. The number of allylic oxidation sites excluding steroid dienone is 2. The highest BCUT2D eigenvalue weighted by molar-refractivity contribution is 6.05. The maximum Gasteiger partial charge on any atom is 0.233 e. The van der Waals surface area contributed by atoms with Crippen LogP contribution in [-0.4, -0.2) is 21.8 Å². The number of imide groups is 1. The first-order valence-corrected chi connectivity index (χ1v) is 6.45. The van der Waals surface area contributed by atoms with E-state index in [1.165, 1.54) is 4.90 Å². The number of aromatic hydroxyl groups is 1. The molecule has 1 N–H and O–H groups in total. The van der Waals surface area contributed by atoms with Crippen LogP contribution in [0.25, 0.3) is 0 Å². The Hall–Kier alpha value is -2.10. The predicted molar refractivity (Wildman–Crippen MR) is 69.0 cm³/mol. The first kappa shape index (κ1) is 12.0. The molecule has 2 atom stereocenters. The van der Waals surface area contributed by atoms with Gasteiger partial charge in [0.2, 0.25) is 11.8 Å². The highest BCUT2D eigenvalue weighted by Crippen LogP contribution is 2.36. The molecule has 2 aliphatic rings. The van der Waals surface area contributed by atoms with Crippen molar-refractivity contribution < 1.29 is 14.7 Å². The largest absolute Gasteiger partial charge is 0.508 e. The fourth-order valence-electron chi connectivity index (χ4n) is 2.84. The van der Waals surface area contributed by atoms with Crippen molar-refractivity contribution in [2.24, 2.45) is 11.8 Å². The van der Waals surface area contributed by atoms with Crippen LogP contribution in [0.2, 0.25) is 0 Å². The molecule has 2 amide bonds. The second-order valence-corrected chi connectivity index (χ2v) is 5.05. The van der Waals surface area contributed by atoms with Gasteiger partial charge in [-0.3, -0.25) is 14.5 Å². The molecule has 1 aliphatic heterocycles. The quantitative estimate of drug-likeness (QED) is 0.649. The van der Waals surface area contributed by atoms with Gasteiger partial charge in [0.15, 0.2) is 0 Å². The molecule has 0 spiro atoms. The van der Waals surface area contributed by atoms with E-state index in [0.717, 1.165) is 0 Å². The predicted octanol–water partition coefficient (Wildman–Crippen LogP) is 1.84. The first-order chi connectivity index (χ1) is 9.18. The van der Waals surface area contributed by atoms with E-state index in [1.54, 1.807) is 24.3 Å². The van der Waals surface area contributed by atoms with Gasteiger partial charge >= 0.3 is 0 Å². The van der Waals surface area contributed by atoms with Crippen molar-refractivity contribution in [1.29, 1.82) is 0 Å². The number of para-hydroxylation sites is 1. The summed E-state index contributed by atoms with van der Waals surface area (Å²) in [5.74, 6) is -0.506. The van der Waals surface area contributed by atoms with Crippen LogP contribution in [-0.2, 0) is 16.1 Å². The number of phenols is 1. The lowest BCUT2D eigenvalue weighted by atomic mass is 9.85. The van der Waals surface area contributed by atoms with Crippen LogP contribution in [0.15, 0.2) is 36.4 Å². The molecule has 1 aromatic carbocycles. The first-order valence-electron chi connectivity index (χ1n) is 6.45. The standard InChI is InChI=1S/C15H15NO3/c17-13-8-4-1-5-10(13)9-16-14(18)11-6-2-3-7-12(11)15(16)19/h1-5,8,11-12,17H,6-7,9H2. The van der Waals surface area contributed by atoms with Crippen molar-refractivity contribution >= 4 is 11.8 Å². The number of hydrogen-bond acceptors (Lipinski definition) is 3. The third-order valence-electron chi connectivity index (χ3n) is 3.92. The second-order valence-electron chi connectivity index (χ2n) is 5.05. The average Bonchev–Trinajstić information content (AvgIpc) is 2.67. The third kappa shape index (κ3) is 1.93. The van der Waals surface area contributed by atoms with Crippen LogP contribution >= 0.6 is 0 Å². The Morgan fingerprint density at radius 2 is 1.63 bits per heavy atom. The van der Waals surface area contributed by atoms with Gasteiger partial charge in [-0.25, -0.2) is 0 Å². The summed E-state index contributed by atoms with van der Waals surface area (Å²) >= 11 is 0. The lowest BCUT2D eigenvalue weighted by Gasteiger charge is -2.15. The summed E-state index contributed by atoms with van der Waals surface area (Å²) in [6, 6.07) is 6.80. The number of hydrogen-bond donors (Lipinski definition) is 1. The maximum atomic E-state index is 12.3. The third-order valence-corrected chi connectivity index (χ3v) is 3.92. The second kappa shape index (κ2) is 4.53. The van der Waals surface area contributed by atoms with Crippen molar-refractivity contribution in [3.63, 3.8) is 0 Å². The molecular weight excluding hydrogens is 242 g/mol. The van der Waals surface area contributed by atoms with Gasteiger partial charge in [-0.05, 0) is 18.9 Å². The van der Waals surface area contributed by atoms with Gasteiger partial charge < -0.3 is 5.11 Å². The van der Waals surface area contributed by atoms with E-state index in [4.69, 9.17) is 0 Å². The normalized spacial score (nSPS) is 25.8. The molecule has 1 saturated heterocycles. The zero-order chi connectivity index (χ0) is 13.4. The van der Waals surface area contributed by atoms with Crippen molar-refractivity contribution in [2.75, 3.05) is 0 Å². The van der Waals surface area contributed by atoms with Crippen LogP contribution in [0, 0.1) is 11.8 Å². The molecule has 1 fully saturated rings. The molecule has 0 aromatic heterocycles. The fraction of sp³-hybridized carbons (Fsp3) is 0.333. The Balaban J connectivity index is 1.85. The topological polar surface area (TPSA) is 57.6 Å². The minimum absolute atomic E-state index is 0.109. The van der Waals surface area contributed by atoms with Crippen LogP contribution in [0.3, 0.4) is 0 Å². The molecule has 0 bridgehead atoms. The summed E-state index contributed by atoms with van der Waals surface area (Å²) in [5, 5.41) is 9.74. The molecule has 1 aromatic rings. The number of amides is 2. The Bertz CT molecular complexity index is 538. The molecule has 4 nitrogen and oxygen atoms in total. The molecule has 1 heterocycles. The zero-order valence-corrected chi connectivity index (χ0v) is 10.5. The van der Waals surface area contributed by atoms with E-state index in [1.807, 2.05) is 12.2 Å². The van der Waals surface area contributed by atoms with E-state index in [2.05, 4.69) is 0 Å². The molecule has 98 valence electrons. The minimum Gasteiger partial charge on any atom is -0.508 e. The molecule has 0 saturated carbocycles. The summed E-state index contributed by atoms with van der Waals surface area (Å²) in [6.07, 6.45) is 5.23. The van der Waals surface area contributed by atoms with E-state index < -0.39 is 0 Å². The average molecular weight is 257 g/mol. The van der Waals surface area contributed by atoms with E-state index in [-0.39, 0.29) is 35.9 Å². The Kier molecular flexibility index (Phi) is 2.85. The number of phenolic OH excluding ortho intramolecular Hbond substituents is 1. The smallest absolute Gasteiger partial charge is 0.233 e. The number of carbonyl (C=O) groups excluding carboxylic acids is 2. The van der Waals surface area contributed by atoms with Crippen LogP contribution in [0.4, 0.5) is 0 Å². The number of nitrogens with zero attached hydrogens (tertiary/aromatic N) is 1. The number of likely N-dealkylation sites (tertiary alicyclic amines) is 1. The Labute approximate surface area is 111 Å². The summed E-state index contributed by atoms with van der Waals surface area (Å²) in [4.78, 5) is 25.8. The number of benzene rings is 1. The van der Waals surface area contributed by atoms with E-state index in [9.17, 15) is 14.7 Å². The monoisotopic (exact) mass is 257 g/mol. The molecule has 2 unspecified atom stereocenters.